The number of aromatic nitrogens is 1. The zero-order valence-electron chi connectivity index (χ0n) is 12.1. The summed E-state index contributed by atoms with van der Waals surface area (Å²) in [6.07, 6.45) is 1.01. The lowest BCUT2D eigenvalue weighted by Gasteiger charge is -2.32. The summed E-state index contributed by atoms with van der Waals surface area (Å²) in [5, 5.41) is 0. The maximum atomic E-state index is 13.9. The first kappa shape index (κ1) is 14.9. The molecule has 0 aromatic carbocycles. The molecule has 0 saturated carbocycles. The third-order valence-electron chi connectivity index (χ3n) is 3.80. The molecule has 2 rings (SSSR count). The molecule has 2 heterocycles. The van der Waals surface area contributed by atoms with Crippen molar-refractivity contribution in [2.24, 2.45) is 5.73 Å². The monoisotopic (exact) mass is 280 g/mol. The Morgan fingerprint density at radius 2 is 1.90 bits per heavy atom. The third kappa shape index (κ3) is 2.69. The van der Waals surface area contributed by atoms with Gasteiger partial charge < -0.3 is 15.0 Å². The standard InChI is InChI=1S/C13H18BFN2O3/c1-12(2)13(3,4)20-14(19-12)9-5-8(6-11(16)18)17-7-10(9)15/h5,7H,6H2,1-4H3,(H2,16,18). The smallest absolute Gasteiger partial charge is 0.399 e. The average Bonchev–Trinajstić information content (AvgIpc) is 2.50. The zero-order valence-corrected chi connectivity index (χ0v) is 12.1. The fraction of sp³-hybridized carbons (Fsp3) is 0.538. The number of primary amides is 1. The molecule has 0 atom stereocenters. The van der Waals surface area contributed by atoms with Gasteiger partial charge in [0.25, 0.3) is 0 Å². The molecule has 2 N–H and O–H groups in total. The van der Waals surface area contributed by atoms with Gasteiger partial charge in [0, 0.05) is 11.2 Å². The molecule has 0 radical (unpaired) electrons. The summed E-state index contributed by atoms with van der Waals surface area (Å²) in [5.41, 5.74) is 4.62. The van der Waals surface area contributed by atoms with Gasteiger partial charge in [0.2, 0.25) is 5.91 Å². The first-order valence-corrected chi connectivity index (χ1v) is 6.41. The molecule has 20 heavy (non-hydrogen) atoms. The Bertz CT molecular complexity index is 532. The molecule has 1 saturated heterocycles. The number of amides is 1. The van der Waals surface area contributed by atoms with Crippen LogP contribution in [-0.2, 0) is 20.5 Å². The molecule has 1 fully saturated rings. The van der Waals surface area contributed by atoms with Crippen LogP contribution >= 0.6 is 0 Å². The highest BCUT2D eigenvalue weighted by Crippen LogP contribution is 2.36. The van der Waals surface area contributed by atoms with Crippen LogP contribution in [0.5, 0.6) is 0 Å². The van der Waals surface area contributed by atoms with Crippen LogP contribution < -0.4 is 11.2 Å². The minimum absolute atomic E-state index is 0.0488. The van der Waals surface area contributed by atoms with Crippen LogP contribution in [0.3, 0.4) is 0 Å². The summed E-state index contributed by atoms with van der Waals surface area (Å²) in [5.74, 6) is -1.05. The summed E-state index contributed by atoms with van der Waals surface area (Å²) in [6.45, 7) is 7.54. The average molecular weight is 280 g/mol. The summed E-state index contributed by atoms with van der Waals surface area (Å²) in [7, 11) is -0.824. The Hall–Kier alpha value is -1.47. The fourth-order valence-corrected chi connectivity index (χ4v) is 1.93. The molecule has 108 valence electrons. The molecule has 1 amide bonds. The van der Waals surface area contributed by atoms with E-state index < -0.39 is 30.0 Å². The van der Waals surface area contributed by atoms with Gasteiger partial charge in [-0.25, -0.2) is 4.39 Å². The molecule has 1 aliphatic heterocycles. The highest BCUT2D eigenvalue weighted by Gasteiger charge is 2.52. The number of halogens is 1. The number of rotatable bonds is 3. The zero-order chi connectivity index (χ0) is 15.1. The van der Waals surface area contributed by atoms with E-state index in [2.05, 4.69) is 4.98 Å². The second kappa shape index (κ2) is 4.82. The van der Waals surface area contributed by atoms with Crippen molar-refractivity contribution in [3.05, 3.63) is 23.8 Å². The molecule has 0 unspecified atom stereocenters. The normalized spacial score (nSPS) is 20.1. The predicted molar refractivity (Wildman–Crippen MR) is 72.8 cm³/mol. The van der Waals surface area contributed by atoms with Crippen molar-refractivity contribution in [3.63, 3.8) is 0 Å². The van der Waals surface area contributed by atoms with E-state index in [-0.39, 0.29) is 11.9 Å². The Morgan fingerprint density at radius 3 is 2.40 bits per heavy atom. The highest BCUT2D eigenvalue weighted by atomic mass is 19.1. The van der Waals surface area contributed by atoms with E-state index in [1.165, 1.54) is 6.07 Å². The van der Waals surface area contributed by atoms with Crippen LogP contribution in [0.1, 0.15) is 33.4 Å². The number of nitrogens with two attached hydrogens (primary N) is 1. The third-order valence-corrected chi connectivity index (χ3v) is 3.80. The maximum absolute atomic E-state index is 13.9. The molecule has 5 nitrogen and oxygen atoms in total. The number of hydrogen-bond acceptors (Lipinski definition) is 4. The Balaban J connectivity index is 2.32. The van der Waals surface area contributed by atoms with Crippen molar-refractivity contribution >= 4 is 18.5 Å². The molecule has 1 aromatic heterocycles. The van der Waals surface area contributed by atoms with Crippen LogP contribution in [0.15, 0.2) is 12.3 Å². The van der Waals surface area contributed by atoms with Crippen molar-refractivity contribution in [2.45, 2.75) is 45.3 Å². The Morgan fingerprint density at radius 1 is 1.35 bits per heavy atom. The minimum atomic E-state index is -0.824. The summed E-state index contributed by atoms with van der Waals surface area (Å²) in [6, 6.07) is 1.46. The second-order valence-electron chi connectivity index (χ2n) is 5.93. The predicted octanol–water partition coefficient (Wildman–Crippen LogP) is 0.548. The summed E-state index contributed by atoms with van der Waals surface area (Å²) in [4.78, 5) is 14.8. The highest BCUT2D eigenvalue weighted by molar-refractivity contribution is 6.62. The molecule has 7 heteroatoms. The van der Waals surface area contributed by atoms with Gasteiger partial charge in [-0.15, -0.1) is 0 Å². The van der Waals surface area contributed by atoms with Crippen molar-refractivity contribution in [1.29, 1.82) is 0 Å². The lowest BCUT2D eigenvalue weighted by atomic mass is 9.78. The van der Waals surface area contributed by atoms with Crippen LogP contribution in [0.25, 0.3) is 0 Å². The molecular weight excluding hydrogens is 262 g/mol. The largest absolute Gasteiger partial charge is 0.497 e. The van der Waals surface area contributed by atoms with Crippen LogP contribution in [0.2, 0.25) is 0 Å². The lowest BCUT2D eigenvalue weighted by molar-refractivity contribution is -0.117. The van der Waals surface area contributed by atoms with Crippen molar-refractivity contribution in [2.75, 3.05) is 0 Å². The summed E-state index contributed by atoms with van der Waals surface area (Å²) < 4.78 is 25.5. The van der Waals surface area contributed by atoms with Gasteiger partial charge in [-0.3, -0.25) is 9.78 Å². The first-order valence-electron chi connectivity index (χ1n) is 6.41. The van der Waals surface area contributed by atoms with Gasteiger partial charge in [-0.05, 0) is 33.8 Å². The Kier molecular flexibility index (Phi) is 3.60. The quantitative estimate of drug-likeness (QED) is 0.820. The van der Waals surface area contributed by atoms with Gasteiger partial charge in [0.15, 0.2) is 0 Å². The fourth-order valence-electron chi connectivity index (χ4n) is 1.93. The van der Waals surface area contributed by atoms with E-state index in [0.717, 1.165) is 6.20 Å². The van der Waals surface area contributed by atoms with E-state index in [9.17, 15) is 9.18 Å². The van der Waals surface area contributed by atoms with Gasteiger partial charge >= 0.3 is 7.12 Å². The molecule has 0 bridgehead atoms. The van der Waals surface area contributed by atoms with Gasteiger partial charge in [-0.1, -0.05) is 0 Å². The van der Waals surface area contributed by atoms with Crippen LogP contribution in [0.4, 0.5) is 4.39 Å². The van der Waals surface area contributed by atoms with E-state index in [1.807, 2.05) is 27.7 Å². The SMILES string of the molecule is CC1(C)OB(c2cc(CC(N)=O)ncc2F)OC1(C)C. The number of carbonyl (C=O) groups excluding carboxylic acids is 1. The Labute approximate surface area is 117 Å². The topological polar surface area (TPSA) is 74.4 Å². The minimum Gasteiger partial charge on any atom is -0.399 e. The van der Waals surface area contributed by atoms with Gasteiger partial charge in [0.1, 0.15) is 5.82 Å². The number of nitrogens with zero attached hydrogens (tertiary/aromatic N) is 1. The van der Waals surface area contributed by atoms with Crippen molar-refractivity contribution in [1.82, 2.24) is 4.98 Å². The molecule has 0 aliphatic carbocycles. The number of hydrogen-bond donors (Lipinski definition) is 1. The molecular formula is C13H18BFN2O3. The number of pyridine rings is 1. The molecule has 1 aromatic rings. The summed E-state index contributed by atoms with van der Waals surface area (Å²) >= 11 is 0. The van der Waals surface area contributed by atoms with E-state index in [1.54, 1.807) is 0 Å². The lowest BCUT2D eigenvalue weighted by Crippen LogP contribution is -2.41. The van der Waals surface area contributed by atoms with E-state index in [4.69, 9.17) is 15.0 Å². The van der Waals surface area contributed by atoms with Crippen molar-refractivity contribution in [3.8, 4) is 0 Å². The van der Waals surface area contributed by atoms with E-state index in [0.29, 0.717) is 5.69 Å². The maximum Gasteiger partial charge on any atom is 0.497 e. The number of carbonyl (C=O) groups is 1. The van der Waals surface area contributed by atoms with Crippen molar-refractivity contribution < 1.29 is 18.5 Å². The van der Waals surface area contributed by atoms with Gasteiger partial charge in [0.05, 0.1) is 23.8 Å². The first-order chi connectivity index (χ1) is 9.12. The van der Waals surface area contributed by atoms with Gasteiger partial charge in [-0.2, -0.15) is 0 Å². The molecule has 0 spiro atoms. The molecule has 1 aliphatic rings. The van der Waals surface area contributed by atoms with Crippen LogP contribution in [0, 0.1) is 5.82 Å². The van der Waals surface area contributed by atoms with E-state index >= 15 is 0 Å². The van der Waals surface area contributed by atoms with Crippen LogP contribution in [-0.4, -0.2) is 29.2 Å². The second-order valence-corrected chi connectivity index (χ2v) is 5.93.